The fourth-order valence-electron chi connectivity index (χ4n) is 1.41. The summed E-state index contributed by atoms with van der Waals surface area (Å²) in [5.41, 5.74) is 2.23. The smallest absolute Gasteiger partial charge is 0.252 e. The maximum Gasteiger partial charge on any atom is 0.252 e. The van der Waals surface area contributed by atoms with Crippen LogP contribution >= 0.6 is 27.5 Å². The Bertz CT molecular complexity index is 548. The molecule has 1 N–H and O–H groups in total. The monoisotopic (exact) mass is 297 g/mol. The maximum absolute atomic E-state index is 11.6. The summed E-state index contributed by atoms with van der Waals surface area (Å²) in [5, 5.41) is 0. The van der Waals surface area contributed by atoms with Crippen molar-refractivity contribution in [1.29, 1.82) is 0 Å². The number of aromatic amines is 1. The van der Waals surface area contributed by atoms with Crippen LogP contribution in [0.3, 0.4) is 0 Å². The molecule has 82 valence electrons. The second kappa shape index (κ2) is 4.85. The number of H-pyrrole nitrogens is 1. The summed E-state index contributed by atoms with van der Waals surface area (Å²) in [4.78, 5) is 14.4. The third-order valence-electron chi connectivity index (χ3n) is 2.29. The van der Waals surface area contributed by atoms with Crippen LogP contribution < -0.4 is 5.56 Å². The number of halogens is 2. The van der Waals surface area contributed by atoms with E-state index in [0.717, 1.165) is 15.7 Å². The molecule has 2 nitrogen and oxygen atoms in total. The predicted octanol–water partition coefficient (Wildman–Crippen LogP) is 3.54. The molecule has 0 atom stereocenters. The molecule has 0 saturated heterocycles. The fraction of sp³-hybridized carbons (Fsp3) is 0.0833. The molecule has 0 amide bonds. The summed E-state index contributed by atoms with van der Waals surface area (Å²) in [6, 6.07) is 11.4. The van der Waals surface area contributed by atoms with Crippen LogP contribution in [0.4, 0.5) is 0 Å². The van der Waals surface area contributed by atoms with Gasteiger partial charge >= 0.3 is 0 Å². The van der Waals surface area contributed by atoms with E-state index in [1.807, 2.05) is 30.3 Å². The van der Waals surface area contributed by atoms with Crippen LogP contribution in [0.5, 0.6) is 0 Å². The van der Waals surface area contributed by atoms with Crippen LogP contribution in [-0.2, 0) is 5.88 Å². The van der Waals surface area contributed by atoms with E-state index < -0.39 is 0 Å². The van der Waals surface area contributed by atoms with Crippen molar-refractivity contribution in [3.8, 4) is 11.3 Å². The molecule has 0 bridgehead atoms. The van der Waals surface area contributed by atoms with Crippen LogP contribution in [0, 0.1) is 0 Å². The zero-order valence-corrected chi connectivity index (χ0v) is 10.7. The van der Waals surface area contributed by atoms with Gasteiger partial charge in [0.2, 0.25) is 0 Å². The molecule has 1 heterocycles. The van der Waals surface area contributed by atoms with Gasteiger partial charge in [-0.25, -0.2) is 0 Å². The van der Waals surface area contributed by atoms with E-state index in [9.17, 15) is 4.79 Å². The molecular formula is C12H9BrClNO. The van der Waals surface area contributed by atoms with Crippen LogP contribution in [0.1, 0.15) is 5.56 Å². The Morgan fingerprint density at radius 3 is 2.38 bits per heavy atom. The first-order valence-electron chi connectivity index (χ1n) is 4.75. The standard InChI is InChI=1S/C12H9BrClNO/c13-10-4-1-8(2-5-10)11-6-3-9(7-14)12(16)15-11/h1-6H,7H2,(H,15,16). The number of benzene rings is 1. The number of alkyl halides is 1. The average Bonchev–Trinajstić information content (AvgIpc) is 2.30. The van der Waals surface area contributed by atoms with Crippen molar-refractivity contribution in [2.75, 3.05) is 0 Å². The minimum atomic E-state index is -0.129. The van der Waals surface area contributed by atoms with Crippen LogP contribution in [0.2, 0.25) is 0 Å². The van der Waals surface area contributed by atoms with Gasteiger partial charge in [-0.1, -0.05) is 34.1 Å². The number of pyridine rings is 1. The Balaban J connectivity index is 2.45. The van der Waals surface area contributed by atoms with E-state index in [1.165, 1.54) is 0 Å². The van der Waals surface area contributed by atoms with Crippen molar-refractivity contribution < 1.29 is 0 Å². The highest BCUT2D eigenvalue weighted by Crippen LogP contribution is 2.19. The Hall–Kier alpha value is -1.06. The fourth-order valence-corrected chi connectivity index (χ4v) is 1.88. The lowest BCUT2D eigenvalue weighted by Gasteiger charge is -2.02. The van der Waals surface area contributed by atoms with Crippen LogP contribution in [0.15, 0.2) is 45.7 Å². The summed E-state index contributed by atoms with van der Waals surface area (Å²) in [5.74, 6) is 0.232. The van der Waals surface area contributed by atoms with Crippen molar-refractivity contribution in [1.82, 2.24) is 4.98 Å². The topological polar surface area (TPSA) is 32.9 Å². The van der Waals surface area contributed by atoms with Gasteiger partial charge in [0.15, 0.2) is 0 Å². The maximum atomic E-state index is 11.6. The normalized spacial score (nSPS) is 10.4. The Morgan fingerprint density at radius 2 is 1.81 bits per heavy atom. The van der Waals surface area contributed by atoms with Gasteiger partial charge in [-0.3, -0.25) is 4.79 Å². The van der Waals surface area contributed by atoms with Crippen molar-refractivity contribution in [3.05, 3.63) is 56.8 Å². The lowest BCUT2D eigenvalue weighted by Crippen LogP contribution is -2.11. The molecule has 0 saturated carbocycles. The van der Waals surface area contributed by atoms with E-state index >= 15 is 0 Å². The van der Waals surface area contributed by atoms with Gasteiger partial charge in [0, 0.05) is 15.7 Å². The molecule has 0 radical (unpaired) electrons. The van der Waals surface area contributed by atoms with E-state index in [2.05, 4.69) is 20.9 Å². The molecule has 0 spiro atoms. The largest absolute Gasteiger partial charge is 0.322 e. The molecule has 2 rings (SSSR count). The molecule has 0 aliphatic heterocycles. The SMILES string of the molecule is O=c1[nH]c(-c2ccc(Br)cc2)ccc1CCl. The second-order valence-electron chi connectivity index (χ2n) is 3.37. The minimum Gasteiger partial charge on any atom is -0.322 e. The van der Waals surface area contributed by atoms with E-state index in [-0.39, 0.29) is 11.4 Å². The van der Waals surface area contributed by atoms with Crippen molar-refractivity contribution >= 4 is 27.5 Å². The Labute approximate surface area is 106 Å². The van der Waals surface area contributed by atoms with Crippen LogP contribution in [-0.4, -0.2) is 4.98 Å². The summed E-state index contributed by atoms with van der Waals surface area (Å²) in [6.45, 7) is 0. The summed E-state index contributed by atoms with van der Waals surface area (Å²) >= 11 is 8.99. The molecule has 0 fully saturated rings. The van der Waals surface area contributed by atoms with Gasteiger partial charge < -0.3 is 4.98 Å². The van der Waals surface area contributed by atoms with E-state index in [4.69, 9.17) is 11.6 Å². The molecule has 0 aliphatic carbocycles. The molecule has 0 aliphatic rings. The molecular weight excluding hydrogens is 289 g/mol. The number of nitrogens with one attached hydrogen (secondary N) is 1. The van der Waals surface area contributed by atoms with E-state index in [0.29, 0.717) is 5.56 Å². The molecule has 0 unspecified atom stereocenters. The van der Waals surface area contributed by atoms with Gasteiger partial charge in [0.25, 0.3) is 5.56 Å². The van der Waals surface area contributed by atoms with Gasteiger partial charge in [-0.05, 0) is 23.8 Å². The zero-order valence-electron chi connectivity index (χ0n) is 8.34. The quantitative estimate of drug-likeness (QED) is 0.845. The van der Waals surface area contributed by atoms with Crippen LogP contribution in [0.25, 0.3) is 11.3 Å². The zero-order chi connectivity index (χ0) is 11.5. The van der Waals surface area contributed by atoms with Crippen molar-refractivity contribution in [3.63, 3.8) is 0 Å². The number of aromatic nitrogens is 1. The van der Waals surface area contributed by atoms with E-state index in [1.54, 1.807) is 6.07 Å². The second-order valence-corrected chi connectivity index (χ2v) is 4.55. The Morgan fingerprint density at radius 1 is 1.12 bits per heavy atom. The number of hydrogen-bond acceptors (Lipinski definition) is 1. The molecule has 1 aromatic heterocycles. The first-order chi connectivity index (χ1) is 7.70. The third kappa shape index (κ3) is 2.36. The molecule has 16 heavy (non-hydrogen) atoms. The molecule has 2 aromatic rings. The van der Waals surface area contributed by atoms with Gasteiger partial charge in [0.1, 0.15) is 0 Å². The van der Waals surface area contributed by atoms with Gasteiger partial charge in [-0.2, -0.15) is 0 Å². The first-order valence-corrected chi connectivity index (χ1v) is 6.07. The predicted molar refractivity (Wildman–Crippen MR) is 69.8 cm³/mol. The van der Waals surface area contributed by atoms with Crippen molar-refractivity contribution in [2.24, 2.45) is 0 Å². The number of rotatable bonds is 2. The lowest BCUT2D eigenvalue weighted by molar-refractivity contribution is 1.17. The summed E-state index contributed by atoms with van der Waals surface area (Å²) in [7, 11) is 0. The summed E-state index contributed by atoms with van der Waals surface area (Å²) in [6.07, 6.45) is 0. The highest BCUT2D eigenvalue weighted by atomic mass is 79.9. The lowest BCUT2D eigenvalue weighted by atomic mass is 10.1. The number of hydrogen-bond donors (Lipinski definition) is 1. The Kier molecular flexibility index (Phi) is 3.46. The highest BCUT2D eigenvalue weighted by Gasteiger charge is 2.01. The molecule has 1 aromatic carbocycles. The highest BCUT2D eigenvalue weighted by molar-refractivity contribution is 9.10. The summed E-state index contributed by atoms with van der Waals surface area (Å²) < 4.78 is 1.01. The minimum absolute atomic E-state index is 0.129. The first kappa shape index (κ1) is 11.4. The third-order valence-corrected chi connectivity index (χ3v) is 3.11. The van der Waals surface area contributed by atoms with Crippen molar-refractivity contribution in [2.45, 2.75) is 5.88 Å². The van der Waals surface area contributed by atoms with Gasteiger partial charge in [-0.15, -0.1) is 11.6 Å². The van der Waals surface area contributed by atoms with Gasteiger partial charge in [0.05, 0.1) is 5.88 Å². The average molecular weight is 299 g/mol. The molecule has 4 heteroatoms.